The van der Waals surface area contributed by atoms with Gasteiger partial charge in [-0.25, -0.2) is 0 Å². The van der Waals surface area contributed by atoms with Gasteiger partial charge in [-0.05, 0) is 50.2 Å². The van der Waals surface area contributed by atoms with Crippen molar-refractivity contribution in [3.05, 3.63) is 72.8 Å². The molecule has 3 aromatic carbocycles. The summed E-state index contributed by atoms with van der Waals surface area (Å²) in [4.78, 5) is 13.7. The van der Waals surface area contributed by atoms with Crippen molar-refractivity contribution in [3.8, 4) is 0 Å². The van der Waals surface area contributed by atoms with Crippen molar-refractivity contribution in [2.75, 3.05) is 5.32 Å². The second-order valence-corrected chi connectivity index (χ2v) is 7.97. The number of thioether (sulfide) groups is 1. The molecule has 0 bridgehead atoms. The highest BCUT2D eigenvalue weighted by atomic mass is 32.2. The van der Waals surface area contributed by atoms with Crippen LogP contribution in [0.1, 0.15) is 13.8 Å². The van der Waals surface area contributed by atoms with Crippen LogP contribution in [0.15, 0.2) is 77.7 Å². The summed E-state index contributed by atoms with van der Waals surface area (Å²) >= 11 is 1.57. The van der Waals surface area contributed by atoms with Crippen molar-refractivity contribution in [2.45, 2.75) is 30.5 Å². The fourth-order valence-corrected chi connectivity index (χ4v) is 4.36. The predicted molar refractivity (Wildman–Crippen MR) is 116 cm³/mol. The van der Waals surface area contributed by atoms with Gasteiger partial charge in [0.05, 0.1) is 5.25 Å². The zero-order valence-electron chi connectivity index (χ0n) is 15.5. The fourth-order valence-electron chi connectivity index (χ4n) is 3.47. The van der Waals surface area contributed by atoms with Crippen LogP contribution in [0.3, 0.4) is 0 Å². The van der Waals surface area contributed by atoms with Gasteiger partial charge in [-0.15, -0.1) is 11.8 Å². The van der Waals surface area contributed by atoms with Crippen molar-refractivity contribution in [3.63, 3.8) is 0 Å². The van der Waals surface area contributed by atoms with Gasteiger partial charge in [0.25, 0.3) is 0 Å². The highest BCUT2D eigenvalue weighted by molar-refractivity contribution is 8.00. The van der Waals surface area contributed by atoms with Crippen LogP contribution >= 0.6 is 11.8 Å². The summed E-state index contributed by atoms with van der Waals surface area (Å²) in [5.41, 5.74) is 3.27. The Morgan fingerprint density at radius 1 is 0.963 bits per heavy atom. The topological polar surface area (TPSA) is 34.0 Å². The van der Waals surface area contributed by atoms with E-state index in [1.165, 1.54) is 21.8 Å². The third kappa shape index (κ3) is 3.45. The lowest BCUT2D eigenvalue weighted by molar-refractivity contribution is -0.115. The molecular weight excluding hydrogens is 352 g/mol. The molecule has 0 aliphatic heterocycles. The number of carbonyl (C=O) groups is 1. The maximum atomic E-state index is 12.6. The van der Waals surface area contributed by atoms with E-state index >= 15 is 0 Å². The molecule has 27 heavy (non-hydrogen) atoms. The molecule has 0 radical (unpaired) electrons. The van der Waals surface area contributed by atoms with Crippen molar-refractivity contribution in [2.24, 2.45) is 0 Å². The predicted octanol–water partition coefficient (Wildman–Crippen LogP) is 5.93. The lowest BCUT2D eigenvalue weighted by Crippen LogP contribution is -2.22. The fraction of sp³-hybridized carbons (Fsp3) is 0.174. The molecule has 0 aliphatic carbocycles. The molecular formula is C23H22N2OS. The summed E-state index contributed by atoms with van der Waals surface area (Å²) in [5, 5.41) is 5.30. The van der Waals surface area contributed by atoms with E-state index in [9.17, 15) is 4.79 Å². The van der Waals surface area contributed by atoms with Gasteiger partial charge in [0.2, 0.25) is 5.91 Å². The van der Waals surface area contributed by atoms with E-state index in [2.05, 4.69) is 53.2 Å². The van der Waals surface area contributed by atoms with E-state index in [4.69, 9.17) is 0 Å². The quantitative estimate of drug-likeness (QED) is 0.439. The molecule has 136 valence electrons. The molecule has 0 saturated carbocycles. The number of nitrogens with one attached hydrogen (secondary N) is 1. The molecule has 0 fully saturated rings. The number of amides is 1. The molecule has 3 nitrogen and oxygen atoms in total. The molecule has 1 amide bonds. The molecule has 0 aliphatic rings. The van der Waals surface area contributed by atoms with Crippen molar-refractivity contribution in [1.82, 2.24) is 4.57 Å². The number of nitrogens with zero attached hydrogens (tertiary/aromatic N) is 1. The summed E-state index contributed by atoms with van der Waals surface area (Å²) in [6, 6.07) is 24.6. The van der Waals surface area contributed by atoms with E-state index in [1.54, 1.807) is 11.8 Å². The second-order valence-electron chi connectivity index (χ2n) is 6.56. The Morgan fingerprint density at radius 3 is 2.44 bits per heavy atom. The minimum Gasteiger partial charge on any atom is -0.341 e. The number of anilines is 1. The minimum absolute atomic E-state index is 0.0161. The third-order valence-electron chi connectivity index (χ3n) is 4.78. The summed E-state index contributed by atoms with van der Waals surface area (Å²) < 4.78 is 2.31. The van der Waals surface area contributed by atoms with Crippen molar-refractivity contribution >= 4 is 45.2 Å². The number of rotatable bonds is 5. The Labute approximate surface area is 163 Å². The molecule has 1 N–H and O–H groups in total. The zero-order chi connectivity index (χ0) is 18.8. The maximum Gasteiger partial charge on any atom is 0.237 e. The van der Waals surface area contributed by atoms with Crippen LogP contribution in [0.25, 0.3) is 21.8 Å². The van der Waals surface area contributed by atoms with Crippen LogP contribution in [-0.2, 0) is 11.3 Å². The number of fused-ring (bicyclic) bond motifs is 3. The smallest absolute Gasteiger partial charge is 0.237 e. The van der Waals surface area contributed by atoms with Gasteiger partial charge in [-0.1, -0.05) is 36.4 Å². The number of aromatic nitrogens is 1. The van der Waals surface area contributed by atoms with Crippen LogP contribution in [0.4, 0.5) is 5.69 Å². The summed E-state index contributed by atoms with van der Waals surface area (Å²) in [6.45, 7) is 5.01. The minimum atomic E-state index is -0.167. The first-order chi connectivity index (χ1) is 13.2. The third-order valence-corrected chi connectivity index (χ3v) is 5.89. The molecule has 0 unspecified atom stereocenters. The van der Waals surface area contributed by atoms with E-state index in [-0.39, 0.29) is 11.2 Å². The maximum absolute atomic E-state index is 12.6. The molecule has 4 rings (SSSR count). The van der Waals surface area contributed by atoms with Gasteiger partial charge in [0.1, 0.15) is 0 Å². The van der Waals surface area contributed by atoms with E-state index in [0.717, 1.165) is 17.1 Å². The van der Waals surface area contributed by atoms with Crippen molar-refractivity contribution in [1.29, 1.82) is 0 Å². The molecule has 1 atom stereocenters. The number of aryl methyl sites for hydroxylation is 1. The highest BCUT2D eigenvalue weighted by Crippen LogP contribution is 2.31. The van der Waals surface area contributed by atoms with Gasteiger partial charge in [-0.3, -0.25) is 4.79 Å². The first-order valence-corrected chi connectivity index (χ1v) is 10.1. The van der Waals surface area contributed by atoms with E-state index in [1.807, 2.05) is 43.3 Å². The van der Waals surface area contributed by atoms with Crippen LogP contribution in [0, 0.1) is 0 Å². The normalized spacial score (nSPS) is 12.4. The van der Waals surface area contributed by atoms with Crippen LogP contribution in [-0.4, -0.2) is 15.7 Å². The average Bonchev–Trinajstić information content (AvgIpc) is 3.02. The number of hydrogen-bond donors (Lipinski definition) is 1. The van der Waals surface area contributed by atoms with Gasteiger partial charge >= 0.3 is 0 Å². The number of hydrogen-bond acceptors (Lipinski definition) is 2. The Morgan fingerprint density at radius 2 is 1.67 bits per heavy atom. The molecule has 4 heteroatoms. The number of para-hydroxylation sites is 1. The molecule has 4 aromatic rings. The second kappa shape index (κ2) is 7.49. The first-order valence-electron chi connectivity index (χ1n) is 9.21. The Hall–Kier alpha value is -2.72. The van der Waals surface area contributed by atoms with Crippen LogP contribution in [0.2, 0.25) is 0 Å². The van der Waals surface area contributed by atoms with Crippen LogP contribution < -0.4 is 5.32 Å². The average molecular weight is 375 g/mol. The highest BCUT2D eigenvalue weighted by Gasteiger charge is 2.16. The Kier molecular flexibility index (Phi) is 4.90. The Bertz CT molecular complexity index is 1100. The summed E-state index contributed by atoms with van der Waals surface area (Å²) in [6.07, 6.45) is 0. The largest absolute Gasteiger partial charge is 0.341 e. The first kappa shape index (κ1) is 17.7. The van der Waals surface area contributed by atoms with Gasteiger partial charge < -0.3 is 9.88 Å². The van der Waals surface area contributed by atoms with Gasteiger partial charge in [-0.2, -0.15) is 0 Å². The number of carbonyl (C=O) groups excluding carboxylic acids is 1. The monoisotopic (exact) mass is 374 g/mol. The molecule has 0 spiro atoms. The van der Waals surface area contributed by atoms with Gasteiger partial charge in [0.15, 0.2) is 0 Å². The SMILES string of the molecule is CCn1c2ccccc2c2cc(NC(=O)[C@H](C)Sc3ccccc3)ccc21. The molecule has 1 aromatic heterocycles. The van der Waals surface area contributed by atoms with Crippen molar-refractivity contribution < 1.29 is 4.79 Å². The standard InChI is InChI=1S/C23H22N2OS/c1-3-25-21-12-8-7-11-19(21)20-15-17(13-14-22(20)25)24-23(26)16(2)27-18-9-5-4-6-10-18/h4-16H,3H2,1-2H3,(H,24,26)/t16-/m0/s1. The Balaban J connectivity index is 1.61. The lowest BCUT2D eigenvalue weighted by Gasteiger charge is -2.12. The molecule has 1 heterocycles. The molecule has 0 saturated heterocycles. The summed E-state index contributed by atoms with van der Waals surface area (Å²) in [7, 11) is 0. The zero-order valence-corrected chi connectivity index (χ0v) is 16.3. The van der Waals surface area contributed by atoms with Gasteiger partial charge in [0, 0.05) is 38.9 Å². The lowest BCUT2D eigenvalue weighted by atomic mass is 10.1. The number of benzene rings is 3. The van der Waals surface area contributed by atoms with E-state index < -0.39 is 0 Å². The summed E-state index contributed by atoms with van der Waals surface area (Å²) in [5.74, 6) is 0.0161. The van der Waals surface area contributed by atoms with Crippen LogP contribution in [0.5, 0.6) is 0 Å². The van der Waals surface area contributed by atoms with E-state index in [0.29, 0.717) is 0 Å².